The smallest absolute Gasteiger partial charge is 0.329 e. The maximum atomic E-state index is 12.7. The monoisotopic (exact) mass is 271 g/mol. The molecule has 0 spiro atoms. The Labute approximate surface area is 112 Å². The number of nitrogens with zero attached hydrogens (tertiary/aromatic N) is 1. The van der Waals surface area contributed by atoms with Gasteiger partial charge in [-0.05, 0) is 51.7 Å². The summed E-state index contributed by atoms with van der Waals surface area (Å²) in [5.41, 5.74) is -1.01. The minimum atomic E-state index is -1.01. The van der Waals surface area contributed by atoms with E-state index in [1.165, 1.54) is 0 Å². The van der Waals surface area contributed by atoms with Crippen molar-refractivity contribution in [1.29, 1.82) is 0 Å². The highest BCUT2D eigenvalue weighted by Crippen LogP contribution is 2.42. The lowest BCUT2D eigenvalue weighted by Crippen LogP contribution is -2.61. The molecule has 2 aliphatic heterocycles. The van der Waals surface area contributed by atoms with E-state index in [1.807, 2.05) is 6.92 Å². The molecule has 0 radical (unpaired) electrons. The van der Waals surface area contributed by atoms with Crippen LogP contribution < -0.4 is 0 Å². The van der Waals surface area contributed by atoms with Gasteiger partial charge in [-0.15, -0.1) is 11.8 Å². The van der Waals surface area contributed by atoms with Crippen LogP contribution in [0.25, 0.3) is 0 Å². The van der Waals surface area contributed by atoms with E-state index in [2.05, 4.69) is 0 Å². The van der Waals surface area contributed by atoms with Crippen LogP contribution in [-0.4, -0.2) is 44.5 Å². The van der Waals surface area contributed by atoms with E-state index in [0.717, 1.165) is 31.4 Å². The molecule has 0 aromatic heterocycles. The fourth-order valence-electron chi connectivity index (χ4n) is 2.90. The van der Waals surface area contributed by atoms with Crippen molar-refractivity contribution in [3.8, 4) is 0 Å². The van der Waals surface area contributed by atoms with Crippen LogP contribution in [-0.2, 0) is 9.59 Å². The van der Waals surface area contributed by atoms with E-state index >= 15 is 0 Å². The molecule has 0 aromatic carbocycles. The summed E-state index contributed by atoms with van der Waals surface area (Å²) >= 11 is 1.67. The van der Waals surface area contributed by atoms with Crippen molar-refractivity contribution in [3.63, 3.8) is 0 Å². The first kappa shape index (κ1) is 13.7. The minimum Gasteiger partial charge on any atom is -0.480 e. The Balaban J connectivity index is 2.24. The van der Waals surface area contributed by atoms with Crippen LogP contribution in [0, 0.1) is 0 Å². The molecule has 1 N–H and O–H groups in total. The molecule has 2 saturated heterocycles. The average molecular weight is 271 g/mol. The first-order chi connectivity index (χ1) is 8.40. The molecule has 2 fully saturated rings. The largest absolute Gasteiger partial charge is 0.480 e. The van der Waals surface area contributed by atoms with Gasteiger partial charge >= 0.3 is 5.97 Å². The van der Waals surface area contributed by atoms with Gasteiger partial charge in [0.05, 0.1) is 4.75 Å². The highest BCUT2D eigenvalue weighted by molar-refractivity contribution is 8.01. The molecule has 0 bridgehead atoms. The molecular formula is C13H21NO3S. The van der Waals surface area contributed by atoms with Crippen LogP contribution in [0.4, 0.5) is 0 Å². The average Bonchev–Trinajstić information content (AvgIpc) is 2.77. The Morgan fingerprint density at radius 1 is 1.17 bits per heavy atom. The molecular weight excluding hydrogens is 250 g/mol. The summed E-state index contributed by atoms with van der Waals surface area (Å²) in [5, 5.41) is 9.44. The van der Waals surface area contributed by atoms with E-state index in [4.69, 9.17) is 0 Å². The summed E-state index contributed by atoms with van der Waals surface area (Å²) in [6, 6.07) is 0. The number of aliphatic carboxylic acids is 1. The van der Waals surface area contributed by atoms with Crippen LogP contribution in [0.3, 0.4) is 0 Å². The molecule has 2 heterocycles. The molecule has 18 heavy (non-hydrogen) atoms. The lowest BCUT2D eigenvalue weighted by atomic mass is 9.86. The van der Waals surface area contributed by atoms with Gasteiger partial charge in [-0.2, -0.15) is 0 Å². The van der Waals surface area contributed by atoms with Crippen molar-refractivity contribution in [1.82, 2.24) is 4.90 Å². The number of likely N-dealkylation sites (tertiary alicyclic amines) is 1. The van der Waals surface area contributed by atoms with Crippen LogP contribution in [0.2, 0.25) is 0 Å². The minimum absolute atomic E-state index is 0.0228. The van der Waals surface area contributed by atoms with Crippen molar-refractivity contribution >= 4 is 23.6 Å². The van der Waals surface area contributed by atoms with Gasteiger partial charge < -0.3 is 10.0 Å². The van der Waals surface area contributed by atoms with Crippen LogP contribution >= 0.6 is 11.8 Å². The first-order valence-electron chi connectivity index (χ1n) is 6.60. The molecule has 2 atom stereocenters. The quantitative estimate of drug-likeness (QED) is 0.836. The Morgan fingerprint density at radius 2 is 1.89 bits per heavy atom. The second-order valence-electron chi connectivity index (χ2n) is 5.68. The molecule has 0 saturated carbocycles. The number of piperidine rings is 1. The van der Waals surface area contributed by atoms with Gasteiger partial charge in [0.15, 0.2) is 0 Å². The van der Waals surface area contributed by atoms with Gasteiger partial charge in [-0.25, -0.2) is 4.79 Å². The van der Waals surface area contributed by atoms with Gasteiger partial charge in [0.25, 0.3) is 0 Å². The summed E-state index contributed by atoms with van der Waals surface area (Å²) in [7, 11) is 0. The molecule has 5 heteroatoms. The van der Waals surface area contributed by atoms with E-state index < -0.39 is 16.3 Å². The predicted molar refractivity (Wildman–Crippen MR) is 71.7 cm³/mol. The molecule has 1 amide bonds. The summed E-state index contributed by atoms with van der Waals surface area (Å²) < 4.78 is -0.409. The van der Waals surface area contributed by atoms with Gasteiger partial charge in [-0.1, -0.05) is 0 Å². The second-order valence-corrected chi connectivity index (χ2v) is 7.27. The highest BCUT2D eigenvalue weighted by Gasteiger charge is 2.49. The number of hydrogen-bond donors (Lipinski definition) is 1. The number of thioether (sulfide) groups is 1. The number of carboxylic acid groups (broad SMARTS) is 1. The van der Waals surface area contributed by atoms with Gasteiger partial charge in [0.2, 0.25) is 5.91 Å². The fourth-order valence-corrected chi connectivity index (χ4v) is 4.16. The van der Waals surface area contributed by atoms with Gasteiger partial charge in [0, 0.05) is 6.54 Å². The summed E-state index contributed by atoms with van der Waals surface area (Å²) in [5.74, 6) is 0.150. The van der Waals surface area contributed by atoms with Crippen LogP contribution in [0.1, 0.15) is 46.0 Å². The highest BCUT2D eigenvalue weighted by atomic mass is 32.2. The zero-order valence-corrected chi connectivity index (χ0v) is 11.9. The van der Waals surface area contributed by atoms with E-state index in [9.17, 15) is 14.7 Å². The second kappa shape index (κ2) is 4.76. The standard InChI is InChI=1S/C13H21NO3S/c1-12(11(16)17)6-3-4-8-14(12)10(15)13(2)7-5-9-18-13/h3-9H2,1-2H3,(H,16,17). The Hall–Kier alpha value is -0.710. The first-order valence-corrected chi connectivity index (χ1v) is 7.58. The van der Waals surface area contributed by atoms with Crippen molar-refractivity contribution in [2.45, 2.75) is 56.2 Å². The van der Waals surface area contributed by atoms with Gasteiger partial charge in [0.1, 0.15) is 5.54 Å². The Bertz CT molecular complexity index is 365. The van der Waals surface area contributed by atoms with E-state index in [0.29, 0.717) is 13.0 Å². The Morgan fingerprint density at radius 3 is 2.44 bits per heavy atom. The van der Waals surface area contributed by atoms with Crippen molar-refractivity contribution in [2.75, 3.05) is 12.3 Å². The number of rotatable bonds is 2. The van der Waals surface area contributed by atoms with Crippen LogP contribution in [0.5, 0.6) is 0 Å². The predicted octanol–water partition coefficient (Wildman–Crippen LogP) is 2.13. The third-order valence-electron chi connectivity index (χ3n) is 4.27. The molecule has 2 unspecified atom stereocenters. The fraction of sp³-hybridized carbons (Fsp3) is 0.846. The number of hydrogen-bond acceptors (Lipinski definition) is 3. The molecule has 102 valence electrons. The van der Waals surface area contributed by atoms with E-state index in [1.54, 1.807) is 23.6 Å². The maximum Gasteiger partial charge on any atom is 0.329 e. The number of carbonyl (C=O) groups is 2. The molecule has 0 aromatic rings. The normalized spacial score (nSPS) is 36.7. The Kier molecular flexibility index (Phi) is 3.63. The number of carboxylic acids is 1. The molecule has 2 aliphatic rings. The molecule has 0 aliphatic carbocycles. The summed E-state index contributed by atoms with van der Waals surface area (Å²) in [6.45, 7) is 4.23. The summed E-state index contributed by atoms with van der Waals surface area (Å²) in [6.07, 6.45) is 4.27. The van der Waals surface area contributed by atoms with Gasteiger partial charge in [-0.3, -0.25) is 4.79 Å². The molecule has 4 nitrogen and oxygen atoms in total. The lowest BCUT2D eigenvalue weighted by Gasteiger charge is -2.44. The summed E-state index contributed by atoms with van der Waals surface area (Å²) in [4.78, 5) is 25.8. The third-order valence-corrected chi connectivity index (χ3v) is 5.78. The zero-order chi connectivity index (χ0) is 13.4. The zero-order valence-electron chi connectivity index (χ0n) is 11.1. The number of amides is 1. The maximum absolute atomic E-state index is 12.7. The number of carbonyl (C=O) groups excluding carboxylic acids is 1. The lowest BCUT2D eigenvalue weighted by molar-refractivity contribution is -0.161. The molecule has 2 rings (SSSR count). The van der Waals surface area contributed by atoms with Crippen molar-refractivity contribution in [3.05, 3.63) is 0 Å². The van der Waals surface area contributed by atoms with Crippen molar-refractivity contribution in [2.24, 2.45) is 0 Å². The third kappa shape index (κ3) is 2.13. The van der Waals surface area contributed by atoms with Crippen LogP contribution in [0.15, 0.2) is 0 Å². The topological polar surface area (TPSA) is 57.6 Å². The van der Waals surface area contributed by atoms with E-state index in [-0.39, 0.29) is 5.91 Å². The SMILES string of the molecule is CC1(C(=O)N2CCCCC2(C)C(=O)O)CCCS1. The van der Waals surface area contributed by atoms with Crippen molar-refractivity contribution < 1.29 is 14.7 Å².